The summed E-state index contributed by atoms with van der Waals surface area (Å²) in [5, 5.41) is 0.267. The van der Waals surface area contributed by atoms with Gasteiger partial charge in [0.15, 0.2) is 18.3 Å². The fourth-order valence-electron chi connectivity index (χ4n) is 3.85. The lowest BCUT2D eigenvalue weighted by Gasteiger charge is -2.45. The van der Waals surface area contributed by atoms with Gasteiger partial charge in [-0.2, -0.15) is 0 Å². The number of primary amides is 2. The van der Waals surface area contributed by atoms with E-state index in [2.05, 4.69) is 0 Å². The van der Waals surface area contributed by atoms with Crippen molar-refractivity contribution in [3.8, 4) is 16.9 Å². The summed E-state index contributed by atoms with van der Waals surface area (Å²) in [6.07, 6.45) is -1.97. The first kappa shape index (κ1) is 19.5. The van der Waals surface area contributed by atoms with Gasteiger partial charge in [0.05, 0.1) is 12.1 Å². The Labute approximate surface area is 170 Å². The van der Waals surface area contributed by atoms with Crippen LogP contribution in [0.3, 0.4) is 0 Å². The second-order valence-electron chi connectivity index (χ2n) is 6.96. The smallest absolute Gasteiger partial charge is 0.408 e. The van der Waals surface area contributed by atoms with Gasteiger partial charge >= 0.3 is 12.2 Å². The van der Waals surface area contributed by atoms with Crippen molar-refractivity contribution in [2.75, 3.05) is 19.8 Å². The third-order valence-corrected chi connectivity index (χ3v) is 5.64. The number of hydroxylamine groups is 3. The van der Waals surface area contributed by atoms with E-state index < -0.39 is 18.0 Å². The van der Waals surface area contributed by atoms with Crippen molar-refractivity contribution in [1.82, 2.24) is 4.57 Å². The summed E-state index contributed by atoms with van der Waals surface area (Å²) in [7, 11) is 0. The van der Waals surface area contributed by atoms with Gasteiger partial charge in [-0.15, -0.1) is 4.65 Å². The normalized spacial score (nSPS) is 21.2. The number of fused-ring (bicyclic) bond motifs is 1. The van der Waals surface area contributed by atoms with Crippen molar-refractivity contribution in [1.29, 1.82) is 0 Å². The van der Waals surface area contributed by atoms with E-state index >= 15 is 0 Å². The molecule has 0 saturated carbocycles. The highest BCUT2D eigenvalue weighted by atomic mass is 35.5. The van der Waals surface area contributed by atoms with Crippen LogP contribution >= 0.6 is 11.6 Å². The number of benzene rings is 1. The minimum absolute atomic E-state index is 0.101. The molecule has 9 nitrogen and oxygen atoms in total. The molecule has 11 heteroatoms. The maximum Gasteiger partial charge on any atom is 0.459 e. The topological polar surface area (TPSA) is 119 Å². The highest BCUT2D eigenvalue weighted by Gasteiger charge is 2.50. The number of hydrogen-bond donors (Lipinski definition) is 2. The second kappa shape index (κ2) is 7.21. The van der Waals surface area contributed by atoms with Crippen LogP contribution in [-0.4, -0.2) is 47.2 Å². The molecule has 2 amide bonds. The maximum atomic E-state index is 13.8. The van der Waals surface area contributed by atoms with Crippen molar-refractivity contribution < 1.29 is 32.9 Å². The third-order valence-electron chi connectivity index (χ3n) is 5.25. The molecule has 4 N–H and O–H groups in total. The molecule has 0 aliphatic carbocycles. The van der Waals surface area contributed by atoms with Crippen LogP contribution in [0.15, 0.2) is 24.3 Å². The first-order valence-electron chi connectivity index (χ1n) is 8.88. The van der Waals surface area contributed by atoms with Crippen LogP contribution in [-0.2, 0) is 22.7 Å². The Bertz CT molecular complexity index is 993. The Morgan fingerprint density at radius 1 is 1.28 bits per heavy atom. The number of nitrogens with zero attached hydrogens (tertiary/aromatic N) is 2. The molecule has 154 valence electrons. The molecule has 2 aromatic rings. The van der Waals surface area contributed by atoms with E-state index in [1.54, 1.807) is 10.6 Å². The lowest BCUT2D eigenvalue weighted by Crippen LogP contribution is -2.66. The Balaban J connectivity index is 1.85. The molecule has 1 atom stereocenters. The number of carbonyl (C=O) groups excluding carboxylic acids is 2. The molecule has 1 aromatic heterocycles. The average Bonchev–Trinajstić information content (AvgIpc) is 2.83. The highest BCUT2D eigenvalue weighted by molar-refractivity contribution is 6.33. The minimum atomic E-state index is -1.04. The molecule has 3 heterocycles. The van der Waals surface area contributed by atoms with Crippen molar-refractivity contribution >= 4 is 23.8 Å². The molecule has 1 fully saturated rings. The number of nitrogens with two attached hydrogens (primary N) is 2. The molecule has 4 rings (SSSR count). The first-order valence-corrected chi connectivity index (χ1v) is 9.26. The summed E-state index contributed by atoms with van der Waals surface area (Å²) in [5.74, 6) is -0.370. The Morgan fingerprint density at radius 3 is 2.62 bits per heavy atom. The lowest BCUT2D eigenvalue weighted by molar-refractivity contribution is -1.12. The standard InChI is InChI=1S/C18H18ClFN4O5/c19-16-14(10-2-1-3-11(20)6-10)15(28-17(21)25)13-7-24(29-18(22)26,5-4-23(13)16)12-8-27-9-12/h1-3,6,12H,4-5,7-9H2,(H3-,21,22,25,26)/p+1. The molecule has 0 bridgehead atoms. The van der Waals surface area contributed by atoms with Crippen molar-refractivity contribution in [3.05, 3.63) is 40.9 Å². The average molecular weight is 426 g/mol. The Hall–Kier alpha value is -2.82. The van der Waals surface area contributed by atoms with Gasteiger partial charge in [-0.3, -0.25) is 4.84 Å². The van der Waals surface area contributed by atoms with Crippen molar-refractivity contribution in [2.24, 2.45) is 11.5 Å². The van der Waals surface area contributed by atoms with E-state index in [0.717, 1.165) is 0 Å². The van der Waals surface area contributed by atoms with Crippen LogP contribution in [0.4, 0.5) is 14.0 Å². The van der Waals surface area contributed by atoms with Gasteiger partial charge in [0, 0.05) is 0 Å². The lowest BCUT2D eigenvalue weighted by atomic mass is 10.1. The fraction of sp³-hybridized carbons (Fsp3) is 0.333. The summed E-state index contributed by atoms with van der Waals surface area (Å²) in [6, 6.07) is 5.62. The van der Waals surface area contributed by atoms with E-state index in [1.165, 1.54) is 18.2 Å². The summed E-state index contributed by atoms with van der Waals surface area (Å²) in [4.78, 5) is 28.7. The van der Waals surface area contributed by atoms with Crippen molar-refractivity contribution in [2.45, 2.75) is 19.1 Å². The summed E-state index contributed by atoms with van der Waals surface area (Å²) in [6.45, 7) is 1.66. The van der Waals surface area contributed by atoms with Gasteiger partial charge < -0.3 is 25.5 Å². The van der Waals surface area contributed by atoms with Gasteiger partial charge in [0.1, 0.15) is 36.4 Å². The summed E-state index contributed by atoms with van der Waals surface area (Å²) in [5.41, 5.74) is 11.8. The number of hydrogen-bond acceptors (Lipinski definition) is 5. The predicted octanol–water partition coefficient (Wildman–Crippen LogP) is 2.14. The fourth-order valence-corrected chi connectivity index (χ4v) is 4.23. The zero-order valence-electron chi connectivity index (χ0n) is 15.3. The second-order valence-corrected chi connectivity index (χ2v) is 7.32. The minimum Gasteiger partial charge on any atom is -0.408 e. The highest BCUT2D eigenvalue weighted by Crippen LogP contribution is 2.46. The van der Waals surface area contributed by atoms with Gasteiger partial charge in [-0.05, 0) is 17.7 Å². The Kier molecular flexibility index (Phi) is 4.85. The van der Waals surface area contributed by atoms with E-state index in [1.807, 2.05) is 0 Å². The van der Waals surface area contributed by atoms with Crippen LogP contribution in [0.1, 0.15) is 5.69 Å². The zero-order chi connectivity index (χ0) is 20.8. The molecule has 1 unspecified atom stereocenters. The molecule has 2 aliphatic heterocycles. The monoisotopic (exact) mass is 425 g/mol. The molecule has 1 aromatic carbocycles. The van der Waals surface area contributed by atoms with Gasteiger partial charge in [-0.1, -0.05) is 23.7 Å². The van der Waals surface area contributed by atoms with Crippen LogP contribution in [0.2, 0.25) is 5.15 Å². The zero-order valence-corrected chi connectivity index (χ0v) is 16.0. The molecular weight excluding hydrogens is 407 g/mol. The number of halogens is 2. The quantitative estimate of drug-likeness (QED) is 0.727. The summed E-state index contributed by atoms with van der Waals surface area (Å²) >= 11 is 6.59. The van der Waals surface area contributed by atoms with Gasteiger partial charge in [0.25, 0.3) is 0 Å². The first-order chi connectivity index (χ1) is 13.8. The van der Waals surface area contributed by atoms with Crippen LogP contribution in [0, 0.1) is 5.82 Å². The number of rotatable bonds is 4. The van der Waals surface area contributed by atoms with Gasteiger partial charge in [0.2, 0.25) is 0 Å². The summed E-state index contributed by atoms with van der Waals surface area (Å²) < 4.78 is 26.0. The van der Waals surface area contributed by atoms with Crippen molar-refractivity contribution in [3.63, 3.8) is 0 Å². The van der Waals surface area contributed by atoms with Crippen LogP contribution in [0.5, 0.6) is 5.75 Å². The molecular formula is C18H19ClFN4O5+. The number of aromatic nitrogens is 1. The number of quaternary nitrogens is 1. The molecule has 1 saturated heterocycles. The third kappa shape index (κ3) is 3.39. The molecule has 0 radical (unpaired) electrons. The number of amides is 2. The molecule has 2 aliphatic rings. The van der Waals surface area contributed by atoms with Gasteiger partial charge in [-0.25, -0.2) is 14.0 Å². The molecule has 29 heavy (non-hydrogen) atoms. The predicted molar refractivity (Wildman–Crippen MR) is 99.2 cm³/mol. The maximum absolute atomic E-state index is 13.8. The van der Waals surface area contributed by atoms with E-state index in [9.17, 15) is 14.0 Å². The largest absolute Gasteiger partial charge is 0.459 e. The molecule has 0 spiro atoms. The van der Waals surface area contributed by atoms with E-state index in [-0.39, 0.29) is 28.1 Å². The van der Waals surface area contributed by atoms with Crippen LogP contribution in [0.25, 0.3) is 11.1 Å². The van der Waals surface area contributed by atoms with E-state index in [0.29, 0.717) is 43.1 Å². The van der Waals surface area contributed by atoms with E-state index in [4.69, 9.17) is 37.4 Å². The Morgan fingerprint density at radius 2 is 2.03 bits per heavy atom. The number of ether oxygens (including phenoxy) is 2. The SMILES string of the molecule is NC(=O)Oc1c(-c2cccc(F)c2)c(Cl)n2c1C[N+](OC(N)=O)(C1COC1)CC2. The van der Waals surface area contributed by atoms with Crippen LogP contribution < -0.4 is 16.2 Å². The number of carbonyl (C=O) groups is 2.